The van der Waals surface area contributed by atoms with Gasteiger partial charge >= 0.3 is 6.03 Å². The molecule has 1 aromatic rings. The first-order valence-electron chi connectivity index (χ1n) is 10.8. The summed E-state index contributed by atoms with van der Waals surface area (Å²) in [6, 6.07) is 7.59. The molecule has 6 nitrogen and oxygen atoms in total. The molecule has 0 bridgehead atoms. The molecule has 158 valence electrons. The summed E-state index contributed by atoms with van der Waals surface area (Å²) in [5.74, 6) is 0.193. The Balaban J connectivity index is 1.76. The van der Waals surface area contributed by atoms with Crippen molar-refractivity contribution in [3.63, 3.8) is 0 Å². The number of carbonyl (C=O) groups excluding carboxylic acids is 2. The number of benzene rings is 1. The highest BCUT2D eigenvalue weighted by atomic mass is 16.3. The number of amides is 3. The normalized spacial score (nSPS) is 24.1. The molecular weight excluding hydrogens is 366 g/mol. The van der Waals surface area contributed by atoms with Crippen LogP contribution in [0.15, 0.2) is 30.3 Å². The molecule has 0 spiro atoms. The maximum absolute atomic E-state index is 12.7. The maximum Gasteiger partial charge on any atom is 0.318 e. The van der Waals surface area contributed by atoms with Gasteiger partial charge in [0.25, 0.3) is 0 Å². The van der Waals surface area contributed by atoms with Crippen LogP contribution in [-0.4, -0.2) is 53.7 Å². The number of likely N-dealkylation sites (tertiary alicyclic amines) is 1. The predicted octanol–water partition coefficient (Wildman–Crippen LogP) is 2.88. The van der Waals surface area contributed by atoms with Crippen LogP contribution < -0.4 is 10.6 Å². The molecule has 1 aromatic carbocycles. The van der Waals surface area contributed by atoms with E-state index in [0.717, 1.165) is 36.8 Å². The number of carbonyl (C=O) groups is 2. The van der Waals surface area contributed by atoms with E-state index in [4.69, 9.17) is 0 Å². The van der Waals surface area contributed by atoms with E-state index < -0.39 is 0 Å². The third kappa shape index (κ3) is 4.64. The van der Waals surface area contributed by atoms with Gasteiger partial charge in [0.05, 0.1) is 18.7 Å². The molecule has 1 aliphatic carbocycles. The highest BCUT2D eigenvalue weighted by molar-refractivity contribution is 5.80. The summed E-state index contributed by atoms with van der Waals surface area (Å²) in [5.41, 5.74) is 2.20. The van der Waals surface area contributed by atoms with E-state index in [-0.39, 0.29) is 42.5 Å². The molecule has 3 amide bonds. The van der Waals surface area contributed by atoms with Crippen molar-refractivity contribution in [1.82, 2.24) is 15.5 Å². The third-order valence-corrected chi connectivity index (χ3v) is 6.13. The standard InChI is InChI=1S/C23H33N3O3/c1-3-6-16-9-11-17(12-10-16)21-19(14-25-22(28)18-7-5-8-18)26(20(21)15-27)23(29)24-13-4-2/h3,6,9-12,18-21,27H,4-5,7-8,13-15H2,1-2H3,(H,24,29)(H,25,28)/b6-3+/t19-,20-,21-/m1/s1. The van der Waals surface area contributed by atoms with Crippen molar-refractivity contribution in [2.75, 3.05) is 19.7 Å². The number of nitrogens with zero attached hydrogens (tertiary/aromatic N) is 1. The molecule has 29 heavy (non-hydrogen) atoms. The Hall–Kier alpha value is -2.34. The van der Waals surface area contributed by atoms with Gasteiger partial charge in [-0.15, -0.1) is 0 Å². The monoisotopic (exact) mass is 399 g/mol. The molecule has 0 unspecified atom stereocenters. The van der Waals surface area contributed by atoms with Gasteiger partial charge in [0.1, 0.15) is 0 Å². The lowest BCUT2D eigenvalue weighted by Gasteiger charge is -2.54. The van der Waals surface area contributed by atoms with Crippen LogP contribution in [-0.2, 0) is 4.79 Å². The van der Waals surface area contributed by atoms with E-state index in [2.05, 4.69) is 22.8 Å². The first kappa shape index (κ1) is 21.4. The number of aliphatic hydroxyl groups is 1. The van der Waals surface area contributed by atoms with E-state index in [9.17, 15) is 14.7 Å². The minimum absolute atomic E-state index is 0.00581. The average molecular weight is 400 g/mol. The Labute approximate surface area is 173 Å². The largest absolute Gasteiger partial charge is 0.394 e. The highest BCUT2D eigenvalue weighted by Crippen LogP contribution is 2.40. The lowest BCUT2D eigenvalue weighted by Crippen LogP contribution is -2.70. The smallest absolute Gasteiger partial charge is 0.318 e. The number of allylic oxidation sites excluding steroid dienone is 1. The Bertz CT molecular complexity index is 727. The van der Waals surface area contributed by atoms with Crippen molar-refractivity contribution in [2.24, 2.45) is 5.92 Å². The second-order valence-corrected chi connectivity index (χ2v) is 8.02. The Morgan fingerprint density at radius 2 is 1.90 bits per heavy atom. The van der Waals surface area contributed by atoms with Crippen molar-refractivity contribution in [3.8, 4) is 0 Å². The van der Waals surface area contributed by atoms with Gasteiger partial charge in [0.15, 0.2) is 0 Å². The number of hydrogen-bond acceptors (Lipinski definition) is 3. The third-order valence-electron chi connectivity index (χ3n) is 6.13. The number of aliphatic hydroxyl groups excluding tert-OH is 1. The van der Waals surface area contributed by atoms with Gasteiger partial charge in [-0.2, -0.15) is 0 Å². The van der Waals surface area contributed by atoms with Crippen LogP contribution in [0.5, 0.6) is 0 Å². The van der Waals surface area contributed by atoms with Gasteiger partial charge in [0.2, 0.25) is 5.91 Å². The van der Waals surface area contributed by atoms with Crippen molar-refractivity contribution >= 4 is 18.0 Å². The van der Waals surface area contributed by atoms with Crippen LogP contribution in [0.25, 0.3) is 6.08 Å². The summed E-state index contributed by atoms with van der Waals surface area (Å²) in [5, 5.41) is 16.0. The van der Waals surface area contributed by atoms with Gasteiger partial charge < -0.3 is 20.6 Å². The Morgan fingerprint density at radius 1 is 1.17 bits per heavy atom. The van der Waals surface area contributed by atoms with Gasteiger partial charge in [-0.05, 0) is 37.3 Å². The number of nitrogens with one attached hydrogen (secondary N) is 2. The summed E-state index contributed by atoms with van der Waals surface area (Å²) in [7, 11) is 0. The van der Waals surface area contributed by atoms with Gasteiger partial charge in [-0.25, -0.2) is 4.79 Å². The van der Waals surface area contributed by atoms with Gasteiger partial charge in [0, 0.05) is 24.9 Å². The predicted molar refractivity (Wildman–Crippen MR) is 114 cm³/mol. The second kappa shape index (κ2) is 9.92. The molecule has 0 aromatic heterocycles. The lowest BCUT2D eigenvalue weighted by molar-refractivity contribution is -0.128. The summed E-state index contributed by atoms with van der Waals surface area (Å²) < 4.78 is 0. The number of rotatable bonds is 8. The molecule has 2 aliphatic rings. The van der Waals surface area contributed by atoms with Gasteiger partial charge in [-0.3, -0.25) is 4.79 Å². The lowest BCUT2D eigenvalue weighted by atomic mass is 9.75. The fourth-order valence-electron chi connectivity index (χ4n) is 4.28. The van der Waals surface area contributed by atoms with Crippen LogP contribution in [0, 0.1) is 5.92 Å². The zero-order chi connectivity index (χ0) is 20.8. The quantitative estimate of drug-likeness (QED) is 0.629. The molecule has 6 heteroatoms. The summed E-state index contributed by atoms with van der Waals surface area (Å²) in [6.07, 6.45) is 7.89. The molecule has 1 saturated carbocycles. The van der Waals surface area contributed by atoms with Crippen molar-refractivity contribution in [3.05, 3.63) is 41.5 Å². The highest BCUT2D eigenvalue weighted by Gasteiger charge is 2.51. The minimum Gasteiger partial charge on any atom is -0.394 e. The first-order valence-corrected chi connectivity index (χ1v) is 10.8. The SMILES string of the molecule is C/C=C/c1ccc([C@H]2[C@@H](CO)N(C(=O)NCCC)[C@@H]2CNC(=O)C2CCC2)cc1. The molecule has 3 N–H and O–H groups in total. The van der Waals surface area contributed by atoms with Crippen LogP contribution >= 0.6 is 0 Å². The Morgan fingerprint density at radius 3 is 2.45 bits per heavy atom. The summed E-state index contributed by atoms with van der Waals surface area (Å²) >= 11 is 0. The van der Waals surface area contributed by atoms with Crippen LogP contribution in [0.3, 0.4) is 0 Å². The zero-order valence-electron chi connectivity index (χ0n) is 17.4. The van der Waals surface area contributed by atoms with E-state index in [1.54, 1.807) is 4.90 Å². The van der Waals surface area contributed by atoms with Crippen LogP contribution in [0.2, 0.25) is 0 Å². The maximum atomic E-state index is 12.7. The van der Waals surface area contributed by atoms with Crippen molar-refractivity contribution < 1.29 is 14.7 Å². The average Bonchev–Trinajstić information content (AvgIpc) is 2.66. The van der Waals surface area contributed by atoms with E-state index in [1.807, 2.05) is 38.1 Å². The van der Waals surface area contributed by atoms with Gasteiger partial charge in [-0.1, -0.05) is 49.8 Å². The molecule has 0 radical (unpaired) electrons. The van der Waals surface area contributed by atoms with E-state index in [0.29, 0.717) is 13.1 Å². The molecule has 2 fully saturated rings. The Kier molecular flexibility index (Phi) is 7.31. The topological polar surface area (TPSA) is 81.7 Å². The summed E-state index contributed by atoms with van der Waals surface area (Å²) in [4.78, 5) is 26.8. The molecule has 3 atom stereocenters. The molecule has 1 aliphatic heterocycles. The fourth-order valence-corrected chi connectivity index (χ4v) is 4.28. The fraction of sp³-hybridized carbons (Fsp3) is 0.565. The number of hydrogen-bond donors (Lipinski definition) is 3. The molecule has 3 rings (SSSR count). The molecular formula is C23H33N3O3. The minimum atomic E-state index is -0.287. The molecule has 1 heterocycles. The van der Waals surface area contributed by atoms with E-state index in [1.165, 1.54) is 0 Å². The molecule has 1 saturated heterocycles. The van der Waals surface area contributed by atoms with Crippen molar-refractivity contribution in [1.29, 1.82) is 0 Å². The van der Waals surface area contributed by atoms with Crippen molar-refractivity contribution in [2.45, 2.75) is 57.5 Å². The van der Waals surface area contributed by atoms with Crippen LogP contribution in [0.4, 0.5) is 4.79 Å². The van der Waals surface area contributed by atoms with E-state index >= 15 is 0 Å². The number of urea groups is 1. The first-order chi connectivity index (χ1) is 14.1. The van der Waals surface area contributed by atoms with Crippen LogP contribution in [0.1, 0.15) is 56.6 Å². The second-order valence-electron chi connectivity index (χ2n) is 8.02. The zero-order valence-corrected chi connectivity index (χ0v) is 17.4. The summed E-state index contributed by atoms with van der Waals surface area (Å²) in [6.45, 7) is 4.89.